The molecule has 1 aromatic carbocycles. The van der Waals surface area contributed by atoms with Gasteiger partial charge in [-0.25, -0.2) is 16.8 Å². The first-order valence-corrected chi connectivity index (χ1v) is 13.8. The second-order valence-corrected chi connectivity index (χ2v) is 12.3. The van der Waals surface area contributed by atoms with E-state index in [1.54, 1.807) is 4.90 Å². The first-order chi connectivity index (χ1) is 14.4. The number of rotatable bonds is 7. The number of nitro groups is 1. The molecule has 170 valence electrons. The smallest absolute Gasteiger partial charge is 0.288 e. The number of piperazine rings is 1. The highest BCUT2D eigenvalue weighted by atomic mass is 32.2. The number of fused-ring (bicyclic) bond motifs is 1. The van der Waals surface area contributed by atoms with Crippen molar-refractivity contribution in [3.8, 4) is 0 Å². The monoisotopic (exact) mass is 490 g/mol. The van der Waals surface area contributed by atoms with Gasteiger partial charge in [0, 0.05) is 38.5 Å². The van der Waals surface area contributed by atoms with E-state index in [2.05, 4.69) is 4.98 Å². The molecule has 0 unspecified atom stereocenters. The van der Waals surface area contributed by atoms with Crippen LogP contribution < -0.4 is 10.5 Å². The Kier molecular flexibility index (Phi) is 6.64. The Labute approximate surface area is 183 Å². The number of sulfonamides is 1. The van der Waals surface area contributed by atoms with Gasteiger partial charge in [0.1, 0.15) is 4.70 Å². The predicted molar refractivity (Wildman–Crippen MR) is 118 cm³/mol. The number of sulfone groups is 1. The van der Waals surface area contributed by atoms with Crippen LogP contribution in [0.25, 0.3) is 10.1 Å². The minimum atomic E-state index is -3.76. The third kappa shape index (κ3) is 5.02. The fraction of sp³-hybridized carbons (Fsp3) is 0.529. The van der Waals surface area contributed by atoms with E-state index in [1.807, 2.05) is 6.92 Å². The molecule has 1 aliphatic rings. The molecule has 0 bridgehead atoms. The summed E-state index contributed by atoms with van der Waals surface area (Å²) in [7, 11) is -7.11. The fourth-order valence-electron chi connectivity index (χ4n) is 3.21. The fourth-order valence-corrected chi connectivity index (χ4v) is 6.62. The van der Waals surface area contributed by atoms with Crippen molar-refractivity contribution in [3.63, 3.8) is 0 Å². The van der Waals surface area contributed by atoms with Gasteiger partial charge in [0.2, 0.25) is 10.0 Å². The Morgan fingerprint density at radius 2 is 1.81 bits per heavy atom. The van der Waals surface area contributed by atoms with Gasteiger partial charge in [-0.05, 0) is 12.5 Å². The number of hydrogen-bond donors (Lipinski definition) is 0. The van der Waals surface area contributed by atoms with Gasteiger partial charge in [0.15, 0.2) is 15.0 Å². The van der Waals surface area contributed by atoms with Crippen molar-refractivity contribution < 1.29 is 21.8 Å². The Morgan fingerprint density at radius 3 is 2.35 bits per heavy atom. The summed E-state index contributed by atoms with van der Waals surface area (Å²) >= 11 is 0.915. The van der Waals surface area contributed by atoms with Crippen LogP contribution in [-0.2, 0) is 19.9 Å². The third-order valence-corrected chi connectivity index (χ3v) is 9.16. The highest BCUT2D eigenvalue weighted by Crippen LogP contribution is 2.34. The van der Waals surface area contributed by atoms with Crippen molar-refractivity contribution in [2.24, 2.45) is 0 Å². The van der Waals surface area contributed by atoms with Crippen molar-refractivity contribution in [2.75, 3.05) is 43.1 Å². The SMILES string of the molecule is CCCCS(=O)(=O)N1CCN(c2nc(=O)c3cc(S(C)(=O)=O)cc([N+](=O)[O-])c3s2)CC1. The zero-order valence-corrected chi connectivity index (χ0v) is 19.4. The lowest BCUT2D eigenvalue weighted by Crippen LogP contribution is -2.49. The second kappa shape index (κ2) is 8.76. The van der Waals surface area contributed by atoms with Crippen LogP contribution in [0.5, 0.6) is 0 Å². The van der Waals surface area contributed by atoms with E-state index >= 15 is 0 Å². The van der Waals surface area contributed by atoms with Crippen LogP contribution in [0.3, 0.4) is 0 Å². The summed E-state index contributed by atoms with van der Waals surface area (Å²) in [6.07, 6.45) is 2.26. The summed E-state index contributed by atoms with van der Waals surface area (Å²) in [5.41, 5.74) is -1.25. The van der Waals surface area contributed by atoms with Gasteiger partial charge in [-0.2, -0.15) is 9.29 Å². The molecule has 0 saturated carbocycles. The number of aromatic nitrogens is 1. The highest BCUT2D eigenvalue weighted by Gasteiger charge is 2.29. The molecule has 31 heavy (non-hydrogen) atoms. The topological polar surface area (TPSA) is 148 Å². The molecule has 1 aliphatic heterocycles. The van der Waals surface area contributed by atoms with Gasteiger partial charge >= 0.3 is 0 Å². The molecule has 0 radical (unpaired) electrons. The summed E-state index contributed by atoms with van der Waals surface area (Å²) in [5.74, 6) is 0.0833. The lowest BCUT2D eigenvalue weighted by atomic mass is 10.2. The number of benzene rings is 1. The molecule has 2 aromatic rings. The van der Waals surface area contributed by atoms with Gasteiger partial charge in [0.05, 0.1) is 21.0 Å². The lowest BCUT2D eigenvalue weighted by molar-refractivity contribution is -0.383. The standard InChI is InChI=1S/C17H22N4O7S3/c1-3-4-9-31(27,28)20-7-5-19(6-8-20)17-18-16(22)13-10-12(30(2,25)26)11-14(21(23)24)15(13)29-17/h10-11H,3-9H2,1-2H3. The first-order valence-electron chi connectivity index (χ1n) is 9.50. The zero-order chi connectivity index (χ0) is 23.0. The summed E-state index contributed by atoms with van der Waals surface area (Å²) in [5, 5.41) is 11.6. The molecule has 2 heterocycles. The van der Waals surface area contributed by atoms with Gasteiger partial charge in [-0.3, -0.25) is 14.9 Å². The van der Waals surface area contributed by atoms with E-state index < -0.39 is 36.0 Å². The van der Waals surface area contributed by atoms with E-state index in [-0.39, 0.29) is 52.0 Å². The predicted octanol–water partition coefficient (Wildman–Crippen LogP) is 1.22. The number of nitrogens with zero attached hydrogens (tertiary/aromatic N) is 4. The van der Waals surface area contributed by atoms with Crippen LogP contribution in [0.2, 0.25) is 0 Å². The number of nitro benzene ring substituents is 1. The van der Waals surface area contributed by atoms with E-state index in [4.69, 9.17) is 0 Å². The quantitative estimate of drug-likeness (QED) is 0.412. The van der Waals surface area contributed by atoms with E-state index in [1.165, 1.54) is 4.31 Å². The number of anilines is 1. The molecular weight excluding hydrogens is 468 g/mol. The maximum Gasteiger partial charge on any atom is 0.288 e. The van der Waals surface area contributed by atoms with Gasteiger partial charge in [-0.1, -0.05) is 24.7 Å². The molecule has 14 heteroatoms. The van der Waals surface area contributed by atoms with Gasteiger partial charge in [0.25, 0.3) is 11.2 Å². The Bertz CT molecular complexity index is 1280. The van der Waals surface area contributed by atoms with E-state index in [0.717, 1.165) is 36.1 Å². The Morgan fingerprint density at radius 1 is 1.16 bits per heavy atom. The summed E-state index contributed by atoms with van der Waals surface area (Å²) in [6, 6.07) is 2.04. The number of unbranched alkanes of at least 4 members (excludes halogenated alkanes) is 1. The lowest BCUT2D eigenvalue weighted by Gasteiger charge is -2.34. The number of non-ortho nitro benzene ring substituents is 1. The van der Waals surface area contributed by atoms with Crippen molar-refractivity contribution in [1.82, 2.24) is 9.29 Å². The maximum absolute atomic E-state index is 12.6. The molecule has 3 rings (SSSR count). The molecule has 0 amide bonds. The molecule has 1 fully saturated rings. The molecule has 1 aromatic heterocycles. The largest absolute Gasteiger partial charge is 0.345 e. The molecule has 1 saturated heterocycles. The van der Waals surface area contributed by atoms with Crippen LogP contribution in [0, 0.1) is 10.1 Å². The van der Waals surface area contributed by atoms with E-state index in [0.29, 0.717) is 6.42 Å². The van der Waals surface area contributed by atoms with Crippen LogP contribution >= 0.6 is 11.3 Å². The van der Waals surface area contributed by atoms with Crippen LogP contribution in [0.15, 0.2) is 21.8 Å². The summed E-state index contributed by atoms with van der Waals surface area (Å²) in [4.78, 5) is 28.8. The van der Waals surface area contributed by atoms with Crippen molar-refractivity contribution in [3.05, 3.63) is 32.6 Å². The van der Waals surface area contributed by atoms with Crippen LogP contribution in [0.1, 0.15) is 19.8 Å². The Balaban J connectivity index is 1.96. The summed E-state index contributed by atoms with van der Waals surface area (Å²) < 4.78 is 49.9. The maximum atomic E-state index is 12.6. The number of hydrogen-bond acceptors (Lipinski definition) is 10. The third-order valence-electron chi connectivity index (χ3n) is 4.95. The molecule has 11 nitrogen and oxygen atoms in total. The average molecular weight is 491 g/mol. The molecule has 0 spiro atoms. The van der Waals surface area contributed by atoms with Gasteiger partial charge < -0.3 is 4.90 Å². The molecule has 0 N–H and O–H groups in total. The summed E-state index contributed by atoms with van der Waals surface area (Å²) in [6.45, 7) is 2.94. The van der Waals surface area contributed by atoms with Crippen molar-refractivity contribution in [2.45, 2.75) is 24.7 Å². The molecular formula is C17H22N4O7S3. The minimum absolute atomic E-state index is 0.0328. The van der Waals surface area contributed by atoms with Crippen LogP contribution in [0.4, 0.5) is 10.8 Å². The second-order valence-electron chi connectivity index (χ2n) is 7.21. The zero-order valence-electron chi connectivity index (χ0n) is 17.0. The first kappa shape index (κ1) is 23.5. The van der Waals surface area contributed by atoms with Crippen molar-refractivity contribution >= 4 is 52.1 Å². The highest BCUT2D eigenvalue weighted by molar-refractivity contribution is 7.90. The molecule has 0 aliphatic carbocycles. The normalized spacial score (nSPS) is 16.0. The Hall–Kier alpha value is -2.16. The van der Waals surface area contributed by atoms with Crippen LogP contribution in [-0.4, -0.2) is 69.2 Å². The van der Waals surface area contributed by atoms with E-state index in [9.17, 15) is 31.7 Å². The van der Waals surface area contributed by atoms with Gasteiger partial charge in [-0.15, -0.1) is 0 Å². The van der Waals surface area contributed by atoms with Crippen molar-refractivity contribution in [1.29, 1.82) is 0 Å². The average Bonchev–Trinajstić information content (AvgIpc) is 2.70. The molecule has 0 atom stereocenters. The minimum Gasteiger partial charge on any atom is -0.345 e.